The molecule has 0 fully saturated rings. The van der Waals surface area contributed by atoms with Gasteiger partial charge in [-0.2, -0.15) is 0 Å². The smallest absolute Gasteiger partial charge is 0.283 e. The second-order valence-corrected chi connectivity index (χ2v) is 6.21. The molecule has 128 valence electrons. The van der Waals surface area contributed by atoms with Crippen LogP contribution in [-0.2, 0) is 9.59 Å². The first-order valence-electron chi connectivity index (χ1n) is 7.38. The predicted molar refractivity (Wildman–Crippen MR) is 98.2 cm³/mol. The quantitative estimate of drug-likeness (QED) is 0.816. The van der Waals surface area contributed by atoms with Gasteiger partial charge in [0.05, 0.1) is 12.8 Å². The number of nitrogens with one attached hydrogen (secondary N) is 1. The van der Waals surface area contributed by atoms with Crippen molar-refractivity contribution in [1.29, 1.82) is 0 Å². The first-order valence-corrected chi connectivity index (χ1v) is 8.14. The highest BCUT2D eigenvalue weighted by Crippen LogP contribution is 2.35. The van der Waals surface area contributed by atoms with E-state index >= 15 is 0 Å². The van der Waals surface area contributed by atoms with Crippen molar-refractivity contribution in [3.05, 3.63) is 63.8 Å². The number of aryl methyl sites for hydroxylation is 1. The van der Waals surface area contributed by atoms with E-state index in [4.69, 9.17) is 27.9 Å². The molecule has 1 N–H and O–H groups in total. The molecule has 0 aliphatic carbocycles. The fraction of sp³-hybridized carbons (Fsp3) is 0.111. The molecule has 0 bridgehead atoms. The highest BCUT2D eigenvalue weighted by molar-refractivity contribution is 6.53. The Bertz CT molecular complexity index is 909. The minimum absolute atomic E-state index is 0.00272. The highest BCUT2D eigenvalue weighted by Gasteiger charge is 2.40. The number of para-hydroxylation sites is 2. The Hall–Kier alpha value is -2.50. The van der Waals surface area contributed by atoms with Gasteiger partial charge < -0.3 is 10.1 Å². The number of rotatable bonds is 4. The Morgan fingerprint density at radius 3 is 2.48 bits per heavy atom. The number of ether oxygens (including phenoxy) is 1. The molecule has 1 heterocycles. The lowest BCUT2D eigenvalue weighted by molar-refractivity contribution is -0.120. The molecule has 7 heteroatoms. The van der Waals surface area contributed by atoms with Gasteiger partial charge in [-0.15, -0.1) is 0 Å². The van der Waals surface area contributed by atoms with Crippen LogP contribution in [0.2, 0.25) is 5.02 Å². The molecular weight excluding hydrogens is 363 g/mol. The first-order chi connectivity index (χ1) is 11.9. The van der Waals surface area contributed by atoms with Crippen molar-refractivity contribution >= 4 is 46.4 Å². The summed E-state index contributed by atoms with van der Waals surface area (Å²) in [6.07, 6.45) is 0. The maximum Gasteiger partial charge on any atom is 0.283 e. The molecule has 0 radical (unpaired) electrons. The third-order valence-corrected chi connectivity index (χ3v) is 4.40. The number of benzene rings is 2. The van der Waals surface area contributed by atoms with Gasteiger partial charge in [0.2, 0.25) is 0 Å². The standard InChI is InChI=1S/C18H14Cl2N2O3/c1-10-7-8-11(19)9-12(10)21-16-15(20)17(23)22(18(16)24)13-5-3-4-6-14(13)25-2/h3-9,21H,1-2H3. The van der Waals surface area contributed by atoms with Crippen molar-refractivity contribution in [2.75, 3.05) is 17.3 Å². The predicted octanol–water partition coefficient (Wildman–Crippen LogP) is 4.09. The number of imide groups is 1. The SMILES string of the molecule is COc1ccccc1N1C(=O)C(Cl)=C(Nc2cc(Cl)ccc2C)C1=O. The number of amides is 2. The van der Waals surface area contributed by atoms with Crippen LogP contribution in [0.3, 0.4) is 0 Å². The zero-order valence-corrected chi connectivity index (χ0v) is 15.0. The molecule has 1 aliphatic heterocycles. The van der Waals surface area contributed by atoms with Gasteiger partial charge in [0.1, 0.15) is 16.5 Å². The Balaban J connectivity index is 1.98. The van der Waals surface area contributed by atoms with E-state index in [0.717, 1.165) is 10.5 Å². The van der Waals surface area contributed by atoms with E-state index in [1.54, 1.807) is 42.5 Å². The average molecular weight is 377 g/mol. The summed E-state index contributed by atoms with van der Waals surface area (Å²) in [7, 11) is 1.47. The summed E-state index contributed by atoms with van der Waals surface area (Å²) < 4.78 is 5.23. The Kier molecular flexibility index (Phi) is 4.70. The fourth-order valence-corrected chi connectivity index (χ4v) is 2.89. The molecule has 0 atom stereocenters. The summed E-state index contributed by atoms with van der Waals surface area (Å²) in [5.74, 6) is -0.772. The van der Waals surface area contributed by atoms with Crippen molar-refractivity contribution in [1.82, 2.24) is 0 Å². The number of anilines is 2. The lowest BCUT2D eigenvalue weighted by atomic mass is 10.2. The third-order valence-electron chi connectivity index (χ3n) is 3.81. The summed E-state index contributed by atoms with van der Waals surface area (Å²) in [4.78, 5) is 26.3. The molecule has 0 saturated carbocycles. The minimum atomic E-state index is -0.613. The van der Waals surface area contributed by atoms with Gasteiger partial charge >= 0.3 is 0 Å². The summed E-state index contributed by atoms with van der Waals surface area (Å²) in [5.41, 5.74) is 1.79. The number of hydrogen-bond donors (Lipinski definition) is 1. The molecule has 25 heavy (non-hydrogen) atoms. The van der Waals surface area contributed by atoms with Crippen molar-refractivity contribution < 1.29 is 14.3 Å². The van der Waals surface area contributed by atoms with E-state index in [1.165, 1.54) is 7.11 Å². The third kappa shape index (κ3) is 3.08. The van der Waals surface area contributed by atoms with Crippen LogP contribution < -0.4 is 15.0 Å². The van der Waals surface area contributed by atoms with Gasteiger partial charge in [0.25, 0.3) is 11.8 Å². The lowest BCUT2D eigenvalue weighted by Crippen LogP contribution is -2.32. The van der Waals surface area contributed by atoms with Gasteiger partial charge in [0, 0.05) is 10.7 Å². The van der Waals surface area contributed by atoms with Crippen LogP contribution >= 0.6 is 23.2 Å². The topological polar surface area (TPSA) is 58.6 Å². The monoisotopic (exact) mass is 376 g/mol. The molecule has 0 aromatic heterocycles. The van der Waals surface area contributed by atoms with E-state index < -0.39 is 11.8 Å². The molecule has 0 saturated heterocycles. The van der Waals surface area contributed by atoms with Gasteiger partial charge in [-0.05, 0) is 36.8 Å². The maximum absolute atomic E-state index is 12.8. The summed E-state index contributed by atoms with van der Waals surface area (Å²) in [6.45, 7) is 1.85. The molecule has 0 unspecified atom stereocenters. The van der Waals surface area contributed by atoms with Gasteiger partial charge in [-0.3, -0.25) is 9.59 Å². The van der Waals surface area contributed by atoms with Gasteiger partial charge in [-0.1, -0.05) is 41.4 Å². The number of methoxy groups -OCH3 is 1. The minimum Gasteiger partial charge on any atom is -0.495 e. The van der Waals surface area contributed by atoms with Crippen LogP contribution in [0.15, 0.2) is 53.2 Å². The largest absolute Gasteiger partial charge is 0.495 e. The number of carbonyl (C=O) groups excluding carboxylic acids is 2. The Morgan fingerprint density at radius 2 is 1.76 bits per heavy atom. The average Bonchev–Trinajstić information content (AvgIpc) is 2.81. The van der Waals surface area contributed by atoms with E-state index in [2.05, 4.69) is 5.32 Å². The van der Waals surface area contributed by atoms with E-state index in [0.29, 0.717) is 22.1 Å². The Morgan fingerprint density at radius 1 is 1.04 bits per heavy atom. The van der Waals surface area contributed by atoms with Gasteiger partial charge in [-0.25, -0.2) is 4.90 Å². The van der Waals surface area contributed by atoms with Crippen molar-refractivity contribution in [2.24, 2.45) is 0 Å². The number of nitrogens with zero attached hydrogens (tertiary/aromatic N) is 1. The summed E-state index contributed by atoms with van der Waals surface area (Å²) >= 11 is 12.1. The fourth-order valence-electron chi connectivity index (χ4n) is 2.51. The zero-order chi connectivity index (χ0) is 18.1. The molecule has 2 amide bonds. The molecule has 5 nitrogen and oxygen atoms in total. The van der Waals surface area contributed by atoms with Crippen LogP contribution in [0.4, 0.5) is 11.4 Å². The van der Waals surface area contributed by atoms with Crippen molar-refractivity contribution in [2.45, 2.75) is 6.92 Å². The van der Waals surface area contributed by atoms with Crippen molar-refractivity contribution in [3.63, 3.8) is 0 Å². The normalized spacial score (nSPS) is 14.3. The van der Waals surface area contributed by atoms with E-state index in [-0.39, 0.29) is 10.7 Å². The highest BCUT2D eigenvalue weighted by atomic mass is 35.5. The summed E-state index contributed by atoms with van der Waals surface area (Å²) in [6, 6.07) is 11.9. The van der Waals surface area contributed by atoms with E-state index in [1.807, 2.05) is 6.92 Å². The van der Waals surface area contributed by atoms with Crippen LogP contribution in [0.1, 0.15) is 5.56 Å². The second kappa shape index (κ2) is 6.78. The summed E-state index contributed by atoms with van der Waals surface area (Å²) in [5, 5.41) is 3.25. The Labute approximate surface area is 154 Å². The second-order valence-electron chi connectivity index (χ2n) is 5.39. The van der Waals surface area contributed by atoms with Crippen LogP contribution in [0.25, 0.3) is 0 Å². The van der Waals surface area contributed by atoms with E-state index in [9.17, 15) is 9.59 Å². The van der Waals surface area contributed by atoms with Crippen LogP contribution in [0.5, 0.6) is 5.75 Å². The first kappa shape index (κ1) is 17.3. The molecular formula is C18H14Cl2N2O3. The van der Waals surface area contributed by atoms with Crippen LogP contribution in [-0.4, -0.2) is 18.9 Å². The van der Waals surface area contributed by atoms with Crippen molar-refractivity contribution in [3.8, 4) is 5.75 Å². The molecule has 0 spiro atoms. The van der Waals surface area contributed by atoms with Crippen LogP contribution in [0, 0.1) is 6.92 Å². The lowest BCUT2D eigenvalue weighted by Gasteiger charge is -2.18. The van der Waals surface area contributed by atoms with Gasteiger partial charge in [0.15, 0.2) is 0 Å². The molecule has 3 rings (SSSR count). The molecule has 1 aliphatic rings. The maximum atomic E-state index is 12.8. The zero-order valence-electron chi connectivity index (χ0n) is 13.5. The number of halogens is 2. The number of hydrogen-bond acceptors (Lipinski definition) is 4. The number of carbonyl (C=O) groups is 2. The molecule has 2 aromatic rings. The molecule has 2 aromatic carbocycles.